The summed E-state index contributed by atoms with van der Waals surface area (Å²) in [6.07, 6.45) is 4.68. The Morgan fingerprint density at radius 3 is 2.35 bits per heavy atom. The molecule has 1 aliphatic rings. The number of aliphatic hydroxyl groups is 2. The Morgan fingerprint density at radius 1 is 1.30 bits per heavy atom. The van der Waals surface area contributed by atoms with Crippen molar-refractivity contribution in [1.29, 1.82) is 0 Å². The fourth-order valence-electron chi connectivity index (χ4n) is 1.46. The van der Waals surface area contributed by atoms with Gasteiger partial charge in [-0.05, 0) is 25.0 Å². The number of cyclic esters (lactones) is 1. The molecule has 0 fully saturated rings. The second-order valence-electron chi connectivity index (χ2n) is 4.60. The van der Waals surface area contributed by atoms with Crippen LogP contribution in [0, 0.1) is 0 Å². The van der Waals surface area contributed by atoms with E-state index in [9.17, 15) is 4.79 Å². The smallest absolute Gasteiger partial charge is 0.338 e. The van der Waals surface area contributed by atoms with Gasteiger partial charge in [0.15, 0.2) is 5.79 Å². The summed E-state index contributed by atoms with van der Waals surface area (Å²) in [5.41, 5.74) is 1.10. The highest BCUT2D eigenvalue weighted by molar-refractivity contribution is 5.86. The van der Waals surface area contributed by atoms with E-state index in [0.717, 1.165) is 24.2 Å². The second-order valence-corrected chi connectivity index (χ2v) is 4.60. The molecule has 0 aromatic heterocycles. The maximum atomic E-state index is 9.59. The molecule has 0 aliphatic carbocycles. The summed E-state index contributed by atoms with van der Waals surface area (Å²) < 4.78 is 9.47. The van der Waals surface area contributed by atoms with Gasteiger partial charge in [0, 0.05) is 0 Å². The Morgan fingerprint density at radius 2 is 1.90 bits per heavy atom. The number of benzene rings is 1. The normalized spacial score (nSPS) is 12.9. The predicted octanol–water partition coefficient (Wildman–Crippen LogP) is 1.78. The summed E-state index contributed by atoms with van der Waals surface area (Å²) in [5, 5.41) is 18.3. The van der Waals surface area contributed by atoms with Gasteiger partial charge < -0.3 is 19.7 Å². The van der Waals surface area contributed by atoms with Gasteiger partial charge in [-0.3, -0.25) is 0 Å². The molecule has 0 spiro atoms. The lowest BCUT2D eigenvalue weighted by Gasteiger charge is -2.18. The van der Waals surface area contributed by atoms with E-state index in [4.69, 9.17) is 14.9 Å². The zero-order chi connectivity index (χ0) is 15.0. The first kappa shape index (κ1) is 16.2. The third-order valence-corrected chi connectivity index (χ3v) is 2.38. The predicted molar refractivity (Wildman–Crippen MR) is 74.0 cm³/mol. The largest absolute Gasteiger partial charge is 0.488 e. The SMILES string of the molecule is CCCc1ccccc1OCC(C)(O)O.O=C1C=CO1. The second kappa shape index (κ2) is 7.67. The van der Waals surface area contributed by atoms with Gasteiger partial charge in [-0.2, -0.15) is 0 Å². The van der Waals surface area contributed by atoms with Crippen LogP contribution in [-0.4, -0.2) is 28.6 Å². The number of hydrogen-bond acceptors (Lipinski definition) is 5. The Kier molecular flexibility index (Phi) is 6.21. The van der Waals surface area contributed by atoms with Gasteiger partial charge >= 0.3 is 5.97 Å². The van der Waals surface area contributed by atoms with Crippen molar-refractivity contribution in [3.63, 3.8) is 0 Å². The number of ether oxygens (including phenoxy) is 2. The van der Waals surface area contributed by atoms with Gasteiger partial charge in [-0.15, -0.1) is 0 Å². The number of rotatable bonds is 5. The summed E-state index contributed by atoms with van der Waals surface area (Å²) in [7, 11) is 0. The Bertz CT molecular complexity index is 460. The topological polar surface area (TPSA) is 76.0 Å². The molecule has 0 saturated carbocycles. The average molecular weight is 280 g/mol. The van der Waals surface area contributed by atoms with Crippen molar-refractivity contribution < 1.29 is 24.5 Å². The highest BCUT2D eigenvalue weighted by atomic mass is 16.6. The number of hydrogen-bond donors (Lipinski definition) is 2. The van der Waals surface area contributed by atoms with Crippen LogP contribution in [0.3, 0.4) is 0 Å². The quantitative estimate of drug-likeness (QED) is 0.635. The standard InChI is InChI=1S/C12H18O3.C3H2O2/c1-3-6-10-7-4-5-8-11(10)15-9-12(2,13)14;4-3-1-2-5-3/h4-5,7-8,13-14H,3,6,9H2,1-2H3;1-2H. The van der Waals surface area contributed by atoms with Crippen molar-refractivity contribution in [1.82, 2.24) is 0 Å². The van der Waals surface area contributed by atoms with Gasteiger partial charge in [0.05, 0.1) is 6.08 Å². The third-order valence-electron chi connectivity index (χ3n) is 2.38. The van der Waals surface area contributed by atoms with Crippen molar-refractivity contribution >= 4 is 5.97 Å². The molecular formula is C15H20O5. The molecule has 5 nitrogen and oxygen atoms in total. The first-order valence-electron chi connectivity index (χ1n) is 6.45. The van der Waals surface area contributed by atoms with Gasteiger partial charge in [-0.1, -0.05) is 31.5 Å². The summed E-state index contributed by atoms with van der Waals surface area (Å²) in [5.74, 6) is -1.29. The van der Waals surface area contributed by atoms with Crippen molar-refractivity contribution in [3.05, 3.63) is 42.2 Å². The number of esters is 1. The molecule has 0 bridgehead atoms. The fraction of sp³-hybridized carbons (Fsp3) is 0.400. The van der Waals surface area contributed by atoms with E-state index in [1.807, 2.05) is 24.3 Å². The molecule has 0 radical (unpaired) electrons. The van der Waals surface area contributed by atoms with Crippen LogP contribution in [0.2, 0.25) is 0 Å². The monoisotopic (exact) mass is 280 g/mol. The highest BCUT2D eigenvalue weighted by Gasteiger charge is 2.16. The molecular weight excluding hydrogens is 260 g/mol. The van der Waals surface area contributed by atoms with Crippen LogP contribution in [-0.2, 0) is 16.0 Å². The van der Waals surface area contributed by atoms with Gasteiger partial charge in [0.1, 0.15) is 18.6 Å². The van der Waals surface area contributed by atoms with E-state index in [0.29, 0.717) is 0 Å². The first-order valence-corrected chi connectivity index (χ1v) is 6.45. The van der Waals surface area contributed by atoms with Crippen LogP contribution in [0.1, 0.15) is 25.8 Å². The van der Waals surface area contributed by atoms with Crippen molar-refractivity contribution in [3.8, 4) is 5.75 Å². The molecule has 20 heavy (non-hydrogen) atoms. The van der Waals surface area contributed by atoms with Gasteiger partial charge in [-0.25, -0.2) is 4.79 Å². The highest BCUT2D eigenvalue weighted by Crippen LogP contribution is 2.20. The van der Waals surface area contributed by atoms with Crippen LogP contribution in [0.4, 0.5) is 0 Å². The lowest BCUT2D eigenvalue weighted by atomic mass is 10.1. The third kappa shape index (κ3) is 6.36. The number of carbonyl (C=O) groups is 1. The van der Waals surface area contributed by atoms with E-state index in [1.54, 1.807) is 0 Å². The van der Waals surface area contributed by atoms with Crippen molar-refractivity contribution in [2.24, 2.45) is 0 Å². The zero-order valence-corrected chi connectivity index (χ0v) is 11.7. The van der Waals surface area contributed by atoms with Crippen LogP contribution in [0.25, 0.3) is 0 Å². The maximum absolute atomic E-state index is 9.59. The molecule has 0 unspecified atom stereocenters. The molecule has 0 saturated heterocycles. The molecule has 0 atom stereocenters. The van der Waals surface area contributed by atoms with Gasteiger partial charge in [0.25, 0.3) is 0 Å². The first-order chi connectivity index (χ1) is 9.42. The number of para-hydroxylation sites is 1. The molecule has 2 N–H and O–H groups in total. The molecule has 110 valence electrons. The minimum atomic E-state index is -1.78. The molecule has 1 aromatic rings. The number of carbonyl (C=O) groups excluding carboxylic acids is 1. The number of aryl methyl sites for hydroxylation is 1. The molecule has 1 aromatic carbocycles. The minimum absolute atomic E-state index is 0.117. The lowest BCUT2D eigenvalue weighted by Crippen LogP contribution is -2.31. The molecule has 0 amide bonds. The molecule has 2 rings (SSSR count). The van der Waals surface area contributed by atoms with Crippen LogP contribution in [0.5, 0.6) is 5.75 Å². The van der Waals surface area contributed by atoms with Crippen LogP contribution >= 0.6 is 0 Å². The zero-order valence-electron chi connectivity index (χ0n) is 11.7. The van der Waals surface area contributed by atoms with E-state index < -0.39 is 5.79 Å². The molecule has 1 aliphatic heterocycles. The summed E-state index contributed by atoms with van der Waals surface area (Å²) in [4.78, 5) is 9.59. The fourth-order valence-corrected chi connectivity index (χ4v) is 1.46. The van der Waals surface area contributed by atoms with E-state index >= 15 is 0 Å². The minimum Gasteiger partial charge on any atom is -0.488 e. The van der Waals surface area contributed by atoms with Gasteiger partial charge in [0.2, 0.25) is 0 Å². The lowest BCUT2D eigenvalue weighted by molar-refractivity contribution is -0.165. The molecule has 5 heteroatoms. The van der Waals surface area contributed by atoms with Crippen LogP contribution < -0.4 is 4.74 Å². The molecule has 1 heterocycles. The Labute approximate surface area is 118 Å². The van der Waals surface area contributed by atoms with E-state index in [-0.39, 0.29) is 12.6 Å². The summed E-state index contributed by atoms with van der Waals surface area (Å²) >= 11 is 0. The van der Waals surface area contributed by atoms with Crippen molar-refractivity contribution in [2.45, 2.75) is 32.5 Å². The summed E-state index contributed by atoms with van der Waals surface area (Å²) in [6.45, 7) is 3.28. The van der Waals surface area contributed by atoms with E-state index in [1.165, 1.54) is 19.3 Å². The Hall–Kier alpha value is -1.85. The summed E-state index contributed by atoms with van der Waals surface area (Å²) in [6, 6.07) is 7.66. The Balaban J connectivity index is 0.000000333. The average Bonchev–Trinajstić information content (AvgIpc) is 2.35. The maximum Gasteiger partial charge on any atom is 0.338 e. The van der Waals surface area contributed by atoms with E-state index in [2.05, 4.69) is 11.7 Å². The van der Waals surface area contributed by atoms with Crippen molar-refractivity contribution in [2.75, 3.05) is 6.61 Å². The van der Waals surface area contributed by atoms with Crippen LogP contribution in [0.15, 0.2) is 36.6 Å².